The van der Waals surface area contributed by atoms with Gasteiger partial charge in [-0.25, -0.2) is 4.39 Å². The number of fused-ring (bicyclic) bond motifs is 3. The molecule has 0 aromatic heterocycles. The molecule has 2 nitrogen and oxygen atoms in total. The first-order valence-corrected chi connectivity index (χ1v) is 7.45. The van der Waals surface area contributed by atoms with E-state index in [0.29, 0.717) is 5.91 Å². The number of rotatable bonds is 2. The Balaban J connectivity index is 1.83. The van der Waals surface area contributed by atoms with Gasteiger partial charge in [0.1, 0.15) is 5.82 Å². The van der Waals surface area contributed by atoms with Crippen molar-refractivity contribution in [2.75, 3.05) is 14.1 Å². The van der Waals surface area contributed by atoms with Crippen molar-refractivity contribution in [3.8, 4) is 0 Å². The molecular formula is C17H22FNO. The van der Waals surface area contributed by atoms with Crippen LogP contribution in [0.2, 0.25) is 0 Å². The Morgan fingerprint density at radius 2 is 1.50 bits per heavy atom. The highest BCUT2D eigenvalue weighted by atomic mass is 19.1. The fourth-order valence-corrected chi connectivity index (χ4v) is 4.22. The lowest BCUT2D eigenvalue weighted by molar-refractivity contribution is -0.146. The summed E-state index contributed by atoms with van der Waals surface area (Å²) in [6, 6.07) is 6.99. The molecule has 3 saturated carbocycles. The van der Waals surface area contributed by atoms with Crippen molar-refractivity contribution >= 4 is 5.91 Å². The average molecular weight is 275 g/mol. The standard InChI is InChI=1S/C17H22FNO/c1-19(2)15(20)17-10-7-16(8-11-17,9-12-17)13-3-5-14(18)6-4-13/h3-6H,7-12H2,1-2H3. The maximum atomic E-state index is 13.1. The van der Waals surface area contributed by atoms with Crippen LogP contribution >= 0.6 is 0 Å². The van der Waals surface area contributed by atoms with Crippen LogP contribution in [0.1, 0.15) is 44.1 Å². The van der Waals surface area contributed by atoms with E-state index >= 15 is 0 Å². The summed E-state index contributed by atoms with van der Waals surface area (Å²) in [5, 5.41) is 0. The molecule has 1 amide bonds. The van der Waals surface area contributed by atoms with Gasteiger partial charge in [0.25, 0.3) is 0 Å². The fraction of sp³-hybridized carbons (Fsp3) is 0.588. The SMILES string of the molecule is CN(C)C(=O)C12CCC(c3ccc(F)cc3)(CC1)CC2. The second-order valence-electron chi connectivity index (χ2n) is 6.77. The van der Waals surface area contributed by atoms with Gasteiger partial charge in [-0.3, -0.25) is 4.79 Å². The molecule has 108 valence electrons. The molecule has 1 aromatic carbocycles. The highest BCUT2D eigenvalue weighted by Crippen LogP contribution is 2.58. The topological polar surface area (TPSA) is 20.3 Å². The van der Waals surface area contributed by atoms with E-state index in [1.165, 1.54) is 5.56 Å². The molecule has 3 heteroatoms. The molecule has 0 heterocycles. The van der Waals surface area contributed by atoms with Gasteiger partial charge in [0.15, 0.2) is 0 Å². The Morgan fingerprint density at radius 3 is 1.95 bits per heavy atom. The number of carbonyl (C=O) groups is 1. The van der Waals surface area contributed by atoms with Crippen molar-refractivity contribution in [1.82, 2.24) is 4.90 Å². The van der Waals surface area contributed by atoms with Gasteiger partial charge in [0.2, 0.25) is 5.91 Å². The molecule has 2 bridgehead atoms. The van der Waals surface area contributed by atoms with E-state index in [1.54, 1.807) is 17.0 Å². The van der Waals surface area contributed by atoms with Gasteiger partial charge in [-0.1, -0.05) is 12.1 Å². The maximum absolute atomic E-state index is 13.1. The Hall–Kier alpha value is -1.38. The minimum Gasteiger partial charge on any atom is -0.348 e. The van der Waals surface area contributed by atoms with Crippen LogP contribution in [0.3, 0.4) is 0 Å². The summed E-state index contributed by atoms with van der Waals surface area (Å²) in [4.78, 5) is 14.2. The molecule has 0 saturated heterocycles. The highest BCUT2D eigenvalue weighted by molar-refractivity contribution is 5.82. The number of hydrogen-bond donors (Lipinski definition) is 0. The van der Waals surface area contributed by atoms with Crippen LogP contribution in [-0.2, 0) is 10.2 Å². The predicted octanol–water partition coefficient (Wildman–Crippen LogP) is 3.51. The first-order chi connectivity index (χ1) is 9.47. The van der Waals surface area contributed by atoms with Crippen LogP contribution in [0.25, 0.3) is 0 Å². The predicted molar refractivity (Wildman–Crippen MR) is 76.9 cm³/mol. The molecule has 0 unspecified atom stereocenters. The fourth-order valence-electron chi connectivity index (χ4n) is 4.22. The quantitative estimate of drug-likeness (QED) is 0.809. The van der Waals surface area contributed by atoms with Crippen LogP contribution in [0.15, 0.2) is 24.3 Å². The molecule has 4 rings (SSSR count). The summed E-state index contributed by atoms with van der Waals surface area (Å²) in [7, 11) is 3.71. The zero-order valence-corrected chi connectivity index (χ0v) is 12.3. The summed E-state index contributed by atoms with van der Waals surface area (Å²) in [6.07, 6.45) is 6.08. The van der Waals surface area contributed by atoms with Gasteiger partial charge in [-0.05, 0) is 61.6 Å². The molecule has 0 spiro atoms. The lowest BCUT2D eigenvalue weighted by Crippen LogP contribution is -2.51. The van der Waals surface area contributed by atoms with Crippen molar-refractivity contribution in [3.05, 3.63) is 35.6 Å². The Morgan fingerprint density at radius 1 is 1.00 bits per heavy atom. The highest BCUT2D eigenvalue weighted by Gasteiger charge is 2.53. The normalized spacial score (nSPS) is 32.1. The summed E-state index contributed by atoms with van der Waals surface area (Å²) < 4.78 is 13.1. The van der Waals surface area contributed by atoms with E-state index in [2.05, 4.69) is 0 Å². The van der Waals surface area contributed by atoms with E-state index in [-0.39, 0.29) is 16.6 Å². The molecular weight excluding hydrogens is 253 g/mol. The molecule has 0 radical (unpaired) electrons. The number of nitrogens with zero attached hydrogens (tertiary/aromatic N) is 1. The van der Waals surface area contributed by atoms with E-state index in [4.69, 9.17) is 0 Å². The lowest BCUT2D eigenvalue weighted by atomic mass is 9.51. The molecule has 1 aromatic rings. The smallest absolute Gasteiger partial charge is 0.228 e. The number of benzene rings is 1. The first kappa shape index (κ1) is 13.6. The molecule has 0 atom stereocenters. The second-order valence-corrected chi connectivity index (χ2v) is 6.77. The van der Waals surface area contributed by atoms with Crippen molar-refractivity contribution < 1.29 is 9.18 Å². The van der Waals surface area contributed by atoms with Gasteiger partial charge in [0, 0.05) is 19.5 Å². The third-order valence-corrected chi connectivity index (χ3v) is 5.56. The molecule has 3 fully saturated rings. The Kier molecular flexibility index (Phi) is 3.11. The molecule has 3 aliphatic rings. The van der Waals surface area contributed by atoms with Crippen LogP contribution in [0.5, 0.6) is 0 Å². The van der Waals surface area contributed by atoms with E-state index in [0.717, 1.165) is 38.5 Å². The zero-order chi connectivity index (χ0) is 14.4. The van der Waals surface area contributed by atoms with Crippen molar-refractivity contribution in [3.63, 3.8) is 0 Å². The summed E-state index contributed by atoms with van der Waals surface area (Å²) in [5.74, 6) is 0.124. The zero-order valence-electron chi connectivity index (χ0n) is 12.3. The van der Waals surface area contributed by atoms with Crippen LogP contribution in [0.4, 0.5) is 4.39 Å². The summed E-state index contributed by atoms with van der Waals surface area (Å²) in [5.41, 5.74) is 1.32. The largest absolute Gasteiger partial charge is 0.348 e. The van der Waals surface area contributed by atoms with Gasteiger partial charge < -0.3 is 4.90 Å². The molecule has 20 heavy (non-hydrogen) atoms. The summed E-state index contributed by atoms with van der Waals surface area (Å²) >= 11 is 0. The van der Waals surface area contributed by atoms with Gasteiger partial charge >= 0.3 is 0 Å². The van der Waals surface area contributed by atoms with Gasteiger partial charge in [-0.15, -0.1) is 0 Å². The second kappa shape index (κ2) is 4.57. The Labute approximate surface area is 120 Å². The van der Waals surface area contributed by atoms with Gasteiger partial charge in [0.05, 0.1) is 0 Å². The van der Waals surface area contributed by atoms with E-state index in [9.17, 15) is 9.18 Å². The van der Waals surface area contributed by atoms with Crippen LogP contribution in [0, 0.1) is 11.2 Å². The van der Waals surface area contributed by atoms with Crippen molar-refractivity contribution in [2.24, 2.45) is 5.41 Å². The average Bonchev–Trinajstić information content (AvgIpc) is 2.49. The van der Waals surface area contributed by atoms with Crippen molar-refractivity contribution in [1.29, 1.82) is 0 Å². The number of halogens is 1. The lowest BCUT2D eigenvalue weighted by Gasteiger charge is -2.53. The maximum Gasteiger partial charge on any atom is 0.228 e. The van der Waals surface area contributed by atoms with E-state index < -0.39 is 0 Å². The third-order valence-electron chi connectivity index (χ3n) is 5.56. The van der Waals surface area contributed by atoms with Crippen LogP contribution in [-0.4, -0.2) is 24.9 Å². The minimum absolute atomic E-state index is 0.120. The number of hydrogen-bond acceptors (Lipinski definition) is 1. The van der Waals surface area contributed by atoms with Gasteiger partial charge in [-0.2, -0.15) is 0 Å². The first-order valence-electron chi connectivity index (χ1n) is 7.45. The molecule has 3 aliphatic carbocycles. The molecule has 0 N–H and O–H groups in total. The molecule has 0 aliphatic heterocycles. The number of amides is 1. The Bertz CT molecular complexity index is 496. The third kappa shape index (κ3) is 1.95. The number of carbonyl (C=O) groups excluding carboxylic acids is 1. The van der Waals surface area contributed by atoms with Crippen LogP contribution < -0.4 is 0 Å². The van der Waals surface area contributed by atoms with Crippen molar-refractivity contribution in [2.45, 2.75) is 43.9 Å². The summed E-state index contributed by atoms with van der Waals surface area (Å²) in [6.45, 7) is 0. The van der Waals surface area contributed by atoms with E-state index in [1.807, 2.05) is 26.2 Å². The minimum atomic E-state index is -0.172. The monoisotopic (exact) mass is 275 g/mol.